The number of hydrogen-bond donors (Lipinski definition) is 2. The molecule has 6 rings (SSSR count). The Morgan fingerprint density at radius 2 is 1.88 bits per heavy atom. The van der Waals surface area contributed by atoms with Crippen molar-refractivity contribution in [2.75, 3.05) is 7.11 Å². The number of furan rings is 1. The van der Waals surface area contributed by atoms with Gasteiger partial charge >= 0.3 is 17.9 Å². The molecule has 0 unspecified atom stereocenters. The molecule has 5 fully saturated rings. The minimum Gasteiger partial charge on any atom is -0.472 e. The van der Waals surface area contributed by atoms with Crippen LogP contribution >= 0.6 is 0 Å². The van der Waals surface area contributed by atoms with E-state index in [9.17, 15) is 29.4 Å². The summed E-state index contributed by atoms with van der Waals surface area (Å²) in [6.45, 7) is 8.64. The number of aliphatic hydroxyl groups is 2. The summed E-state index contributed by atoms with van der Waals surface area (Å²) in [5.74, 6) is -4.82. The number of aliphatic hydroxyl groups excluding tert-OH is 1. The van der Waals surface area contributed by atoms with Crippen LogP contribution < -0.4 is 0 Å². The average molecular weight is 575 g/mol. The van der Waals surface area contributed by atoms with Gasteiger partial charge in [0.2, 0.25) is 0 Å². The number of Topliss-reactive ketones (excluding diaryl/α,β-unsaturated/α-hetero) is 1. The fraction of sp³-hybridized carbons (Fsp3) is 0.733. The van der Waals surface area contributed by atoms with Crippen LogP contribution in [-0.4, -0.2) is 70.5 Å². The second-order valence-electron chi connectivity index (χ2n) is 13.6. The number of hydrogen-bond acceptors (Lipinski definition) is 11. The minimum atomic E-state index is -2.28. The normalized spacial score (nSPS) is 46.2. The molecule has 1 aromatic heterocycles. The molecule has 1 spiro atoms. The summed E-state index contributed by atoms with van der Waals surface area (Å²) in [6, 6.07) is 1.75. The van der Waals surface area contributed by atoms with Crippen LogP contribution in [0, 0.1) is 34.0 Å². The lowest BCUT2D eigenvalue weighted by Gasteiger charge is -2.67. The standard InChI is InChI=1S/C30H38O11/c1-7-17(31)40-24-26(2,3)20(19(33)22(34)37-6)28(5)15-8-10-27(4)16(30(15)25(41-30)29(24,36)23(28)35)12-18(32)39-21(27)14-9-11-38-13-14/h9,11,13,15-16,19-21,24-25,33,36H,7-8,10,12H2,1-6H3/t15-,16+,19+,20-,21-,24-,25+,27+,28+,29-,30+/m0/s1. The fourth-order valence-corrected chi connectivity index (χ4v) is 9.85. The number of cyclic esters (lactones) is 1. The quantitative estimate of drug-likeness (QED) is 0.301. The first-order valence-electron chi connectivity index (χ1n) is 14.3. The molecule has 3 aliphatic carbocycles. The van der Waals surface area contributed by atoms with Gasteiger partial charge in [-0.1, -0.05) is 34.6 Å². The van der Waals surface area contributed by atoms with E-state index in [-0.39, 0.29) is 12.8 Å². The van der Waals surface area contributed by atoms with Gasteiger partial charge in [0.05, 0.1) is 26.1 Å². The summed E-state index contributed by atoms with van der Waals surface area (Å²) < 4.78 is 28.5. The van der Waals surface area contributed by atoms with Crippen LogP contribution in [-0.2, 0) is 38.1 Å². The van der Waals surface area contributed by atoms with Crippen molar-refractivity contribution in [2.24, 2.45) is 34.0 Å². The van der Waals surface area contributed by atoms with Gasteiger partial charge in [-0.25, -0.2) is 4.79 Å². The van der Waals surface area contributed by atoms with Crippen LogP contribution in [0.1, 0.15) is 72.0 Å². The van der Waals surface area contributed by atoms with Gasteiger partial charge in [0.25, 0.3) is 0 Å². The first-order valence-corrected chi connectivity index (χ1v) is 14.3. The van der Waals surface area contributed by atoms with Crippen molar-refractivity contribution in [3.05, 3.63) is 24.2 Å². The number of epoxide rings is 1. The van der Waals surface area contributed by atoms with E-state index in [0.29, 0.717) is 18.4 Å². The molecule has 1 aromatic rings. The first-order chi connectivity index (χ1) is 19.2. The summed E-state index contributed by atoms with van der Waals surface area (Å²) in [5, 5.41) is 24.0. The zero-order chi connectivity index (χ0) is 29.9. The summed E-state index contributed by atoms with van der Waals surface area (Å²) in [6.07, 6.45) is -0.897. The third kappa shape index (κ3) is 3.25. The number of fused-ring (bicyclic) bond motifs is 5. The van der Waals surface area contributed by atoms with E-state index in [1.807, 2.05) is 6.92 Å². The Hall–Kier alpha value is -2.76. The average Bonchev–Trinajstić information content (AvgIpc) is 3.41. The number of esters is 3. The van der Waals surface area contributed by atoms with E-state index in [1.54, 1.807) is 40.0 Å². The van der Waals surface area contributed by atoms with Crippen molar-refractivity contribution in [1.82, 2.24) is 0 Å². The topological polar surface area (TPSA) is 162 Å². The van der Waals surface area contributed by atoms with E-state index in [1.165, 1.54) is 6.26 Å². The Labute approximate surface area is 237 Å². The molecule has 0 aromatic carbocycles. The summed E-state index contributed by atoms with van der Waals surface area (Å²) in [7, 11) is 1.15. The number of rotatable bonds is 5. The summed E-state index contributed by atoms with van der Waals surface area (Å²) in [5.41, 5.74) is -6.17. The van der Waals surface area contributed by atoms with Crippen molar-refractivity contribution in [2.45, 2.75) is 95.9 Å². The van der Waals surface area contributed by atoms with E-state index in [2.05, 4.69) is 0 Å². The van der Waals surface area contributed by atoms with Crippen LogP contribution in [0.15, 0.2) is 23.0 Å². The Kier molecular flexibility index (Phi) is 5.98. The maximum absolute atomic E-state index is 14.6. The largest absolute Gasteiger partial charge is 0.472 e. The van der Waals surface area contributed by atoms with Crippen LogP contribution in [0.3, 0.4) is 0 Å². The second kappa shape index (κ2) is 8.64. The fourth-order valence-electron chi connectivity index (χ4n) is 9.85. The Bertz CT molecular complexity index is 1300. The molecule has 5 aliphatic rings. The Morgan fingerprint density at radius 3 is 2.49 bits per heavy atom. The van der Waals surface area contributed by atoms with Crippen molar-refractivity contribution < 1.29 is 52.8 Å². The number of carbonyl (C=O) groups is 4. The molecular formula is C30H38O11. The molecule has 11 heteroatoms. The van der Waals surface area contributed by atoms with Crippen LogP contribution in [0.25, 0.3) is 0 Å². The second-order valence-corrected chi connectivity index (χ2v) is 13.6. The lowest BCUT2D eigenvalue weighted by Crippen LogP contribution is -2.81. The third-order valence-electron chi connectivity index (χ3n) is 11.4. The zero-order valence-corrected chi connectivity index (χ0v) is 24.2. The van der Waals surface area contributed by atoms with E-state index < -0.39 is 93.3 Å². The number of methoxy groups -OCH3 is 1. The maximum atomic E-state index is 14.6. The van der Waals surface area contributed by atoms with Crippen LogP contribution in [0.5, 0.6) is 0 Å². The molecule has 0 amide bonds. The van der Waals surface area contributed by atoms with Gasteiger partial charge in [-0.2, -0.15) is 0 Å². The highest BCUT2D eigenvalue weighted by Crippen LogP contribution is 2.78. The van der Waals surface area contributed by atoms with Crippen LogP contribution in [0.4, 0.5) is 0 Å². The molecule has 11 nitrogen and oxygen atoms in total. The van der Waals surface area contributed by atoms with Gasteiger partial charge in [0.1, 0.15) is 23.9 Å². The first kappa shape index (κ1) is 28.4. The predicted octanol–water partition coefficient (Wildman–Crippen LogP) is 2.27. The molecule has 3 saturated carbocycles. The van der Waals surface area contributed by atoms with Crippen molar-refractivity contribution in [3.63, 3.8) is 0 Å². The van der Waals surface area contributed by atoms with Gasteiger partial charge in [0, 0.05) is 46.0 Å². The number of carbonyl (C=O) groups excluding carboxylic acids is 4. The van der Waals surface area contributed by atoms with Crippen LogP contribution in [0.2, 0.25) is 0 Å². The lowest BCUT2D eigenvalue weighted by atomic mass is 9.36. The molecule has 2 saturated heterocycles. The molecular weight excluding hydrogens is 536 g/mol. The Balaban J connectivity index is 1.55. The maximum Gasteiger partial charge on any atom is 0.335 e. The van der Waals surface area contributed by atoms with Crippen molar-refractivity contribution in [1.29, 1.82) is 0 Å². The van der Waals surface area contributed by atoms with Crippen molar-refractivity contribution >= 4 is 23.7 Å². The van der Waals surface area contributed by atoms with Gasteiger partial charge in [-0.3, -0.25) is 14.4 Å². The molecule has 2 bridgehead atoms. The lowest BCUT2D eigenvalue weighted by molar-refractivity contribution is -0.260. The van der Waals surface area contributed by atoms with E-state index in [0.717, 1.165) is 7.11 Å². The molecule has 41 heavy (non-hydrogen) atoms. The highest BCUT2D eigenvalue weighted by atomic mass is 16.6. The molecule has 0 radical (unpaired) electrons. The monoisotopic (exact) mass is 574 g/mol. The third-order valence-corrected chi connectivity index (χ3v) is 11.4. The summed E-state index contributed by atoms with van der Waals surface area (Å²) in [4.78, 5) is 53.3. The molecule has 2 aliphatic heterocycles. The molecule has 224 valence electrons. The molecule has 11 atom stereocenters. The van der Waals surface area contributed by atoms with E-state index >= 15 is 0 Å². The SMILES string of the molecule is CCC(=O)O[C@H]1C(C)(C)[C@H]([C@@H](O)C(=O)OC)[C@]2(C)C(=O)[C@@]1(O)[C@H]1O[C@]13[C@@H]1CC(=O)O[C@@H](c4ccoc4)[C@]1(C)CC[C@@H]23. The van der Waals surface area contributed by atoms with Gasteiger partial charge in [-0.05, 0) is 18.9 Å². The minimum absolute atomic E-state index is 0.00870. The summed E-state index contributed by atoms with van der Waals surface area (Å²) >= 11 is 0. The Morgan fingerprint density at radius 1 is 1.17 bits per heavy atom. The molecule has 2 N–H and O–H groups in total. The zero-order valence-electron chi connectivity index (χ0n) is 24.2. The number of ether oxygens (including phenoxy) is 4. The highest BCUT2D eigenvalue weighted by Gasteiger charge is 2.91. The number of ketones is 1. The van der Waals surface area contributed by atoms with Crippen molar-refractivity contribution in [3.8, 4) is 0 Å². The van der Waals surface area contributed by atoms with E-state index in [4.69, 9.17) is 23.4 Å². The van der Waals surface area contributed by atoms with Gasteiger partial charge < -0.3 is 33.6 Å². The molecule has 3 heterocycles. The van der Waals surface area contributed by atoms with Gasteiger partial charge in [0.15, 0.2) is 17.5 Å². The highest BCUT2D eigenvalue weighted by molar-refractivity contribution is 5.99. The smallest absolute Gasteiger partial charge is 0.335 e. The van der Waals surface area contributed by atoms with Gasteiger partial charge in [-0.15, -0.1) is 0 Å². The predicted molar refractivity (Wildman–Crippen MR) is 138 cm³/mol.